The van der Waals surface area contributed by atoms with Crippen LogP contribution in [0.15, 0.2) is 59.6 Å². The van der Waals surface area contributed by atoms with Crippen LogP contribution in [0.4, 0.5) is 14.5 Å². The largest absolute Gasteiger partial charge is 0.478 e. The predicted molar refractivity (Wildman–Crippen MR) is 157 cm³/mol. The maximum absolute atomic E-state index is 13.2. The molecular formula is C30H37F2N3O5S. The number of hydrogen-bond acceptors (Lipinski definition) is 7. The number of piperidine rings is 1. The minimum absolute atomic E-state index is 0.537. The van der Waals surface area contributed by atoms with Crippen molar-refractivity contribution < 1.29 is 33.3 Å². The lowest BCUT2D eigenvalue weighted by Gasteiger charge is -2.38. The molecule has 2 heterocycles. The number of hydrogen-bond donors (Lipinski definition) is 2. The number of rotatable bonds is 11. The first kappa shape index (κ1) is 32.2. The van der Waals surface area contributed by atoms with Crippen LogP contribution in [0.3, 0.4) is 0 Å². The maximum atomic E-state index is 13.2. The van der Waals surface area contributed by atoms with Gasteiger partial charge in [0.25, 0.3) is 0 Å². The standard InChI is InChI=1S/C26H33F2N3OS.C4H4O4/c1-30(26-29-25-7-3-2-6-21(25)19-33-26)22-10-14-31(15-11-22)13-4-5-16-32-17-12-20-8-9-23(27)24(28)18-20;5-3(6)1-2-4(7)8/h2-3,6-9,18,22H,4-5,10-17,19H2,1H3;1-2H,(H,5,6)(H,7,8)/b;2-1+. The Morgan fingerprint density at radius 2 is 1.76 bits per heavy atom. The number of thioether (sulfide) groups is 1. The van der Waals surface area contributed by atoms with Gasteiger partial charge in [-0.15, -0.1) is 0 Å². The van der Waals surface area contributed by atoms with Crippen molar-refractivity contribution in [1.29, 1.82) is 0 Å². The van der Waals surface area contributed by atoms with E-state index in [2.05, 4.69) is 41.1 Å². The van der Waals surface area contributed by atoms with Crippen molar-refractivity contribution in [2.24, 2.45) is 4.99 Å². The number of benzene rings is 2. The predicted octanol–water partition coefficient (Wildman–Crippen LogP) is 5.35. The summed E-state index contributed by atoms with van der Waals surface area (Å²) < 4.78 is 31.9. The van der Waals surface area contributed by atoms with E-state index in [1.165, 1.54) is 30.5 Å². The minimum Gasteiger partial charge on any atom is -0.478 e. The van der Waals surface area contributed by atoms with Gasteiger partial charge >= 0.3 is 11.9 Å². The van der Waals surface area contributed by atoms with E-state index in [9.17, 15) is 18.4 Å². The van der Waals surface area contributed by atoms with Gasteiger partial charge in [-0.3, -0.25) is 0 Å². The molecule has 0 amide bonds. The van der Waals surface area contributed by atoms with E-state index in [4.69, 9.17) is 19.9 Å². The zero-order chi connectivity index (χ0) is 29.6. The van der Waals surface area contributed by atoms with Crippen LogP contribution in [0.25, 0.3) is 0 Å². The van der Waals surface area contributed by atoms with E-state index in [1.54, 1.807) is 6.07 Å². The van der Waals surface area contributed by atoms with E-state index >= 15 is 0 Å². The Balaban J connectivity index is 0.000000507. The van der Waals surface area contributed by atoms with E-state index < -0.39 is 23.6 Å². The third kappa shape index (κ3) is 11.3. The normalized spacial score (nSPS) is 15.5. The smallest absolute Gasteiger partial charge is 0.328 e. The lowest BCUT2D eigenvalue weighted by molar-refractivity contribution is -0.134. The summed E-state index contributed by atoms with van der Waals surface area (Å²) in [6.07, 6.45) is 6.19. The monoisotopic (exact) mass is 589 g/mol. The molecule has 11 heteroatoms. The zero-order valence-electron chi connectivity index (χ0n) is 23.2. The van der Waals surface area contributed by atoms with Crippen LogP contribution >= 0.6 is 11.8 Å². The number of likely N-dealkylation sites (tertiary alicyclic amines) is 1. The van der Waals surface area contributed by atoms with Crippen molar-refractivity contribution in [3.05, 3.63) is 77.4 Å². The lowest BCUT2D eigenvalue weighted by Crippen LogP contribution is -2.45. The van der Waals surface area contributed by atoms with Crippen molar-refractivity contribution in [2.45, 2.75) is 43.9 Å². The van der Waals surface area contributed by atoms with Gasteiger partial charge in [0.2, 0.25) is 0 Å². The first-order valence-corrected chi connectivity index (χ1v) is 14.6. The van der Waals surface area contributed by atoms with Crippen LogP contribution in [-0.4, -0.2) is 83.1 Å². The van der Waals surface area contributed by atoms with Crippen molar-refractivity contribution in [3.63, 3.8) is 0 Å². The average molecular weight is 590 g/mol. The quantitative estimate of drug-likeness (QED) is 0.267. The molecule has 4 rings (SSSR count). The Kier molecular flexibility index (Phi) is 13.3. The molecule has 2 aliphatic heterocycles. The van der Waals surface area contributed by atoms with Crippen molar-refractivity contribution in [3.8, 4) is 0 Å². The second-order valence-electron chi connectivity index (χ2n) is 9.82. The fourth-order valence-electron chi connectivity index (χ4n) is 4.56. The molecule has 2 aromatic rings. The fourth-order valence-corrected chi connectivity index (χ4v) is 5.60. The van der Waals surface area contributed by atoms with Crippen LogP contribution in [0.1, 0.15) is 36.8 Å². The Bertz CT molecular complexity index is 1200. The topological polar surface area (TPSA) is 103 Å². The first-order valence-electron chi connectivity index (χ1n) is 13.6. The van der Waals surface area contributed by atoms with Crippen molar-refractivity contribution >= 4 is 34.6 Å². The number of carboxylic acids is 2. The summed E-state index contributed by atoms with van der Waals surface area (Å²) in [7, 11) is 2.19. The SMILES string of the molecule is CN(C1=Nc2ccccc2CS1)C1CCN(CCCCOCCc2ccc(F)c(F)c2)CC1.O=C(O)/C=C/C(=O)O. The molecule has 222 valence electrons. The van der Waals surface area contributed by atoms with Gasteiger partial charge < -0.3 is 24.7 Å². The molecule has 41 heavy (non-hydrogen) atoms. The van der Waals surface area contributed by atoms with Gasteiger partial charge in [0.05, 0.1) is 12.3 Å². The van der Waals surface area contributed by atoms with E-state index in [-0.39, 0.29) is 0 Å². The zero-order valence-corrected chi connectivity index (χ0v) is 24.0. The van der Waals surface area contributed by atoms with Gasteiger partial charge in [0, 0.05) is 50.7 Å². The summed E-state index contributed by atoms with van der Waals surface area (Å²) in [6.45, 7) is 4.60. The second-order valence-corrected chi connectivity index (χ2v) is 10.8. The molecule has 0 spiro atoms. The summed E-state index contributed by atoms with van der Waals surface area (Å²) in [5.41, 5.74) is 3.20. The van der Waals surface area contributed by atoms with Gasteiger partial charge in [-0.05, 0) is 68.0 Å². The maximum Gasteiger partial charge on any atom is 0.328 e. The highest BCUT2D eigenvalue weighted by Gasteiger charge is 2.26. The molecule has 2 N–H and O–H groups in total. The fraction of sp³-hybridized carbons (Fsp3) is 0.433. The molecule has 0 unspecified atom stereocenters. The van der Waals surface area contributed by atoms with Crippen LogP contribution in [0.5, 0.6) is 0 Å². The lowest BCUT2D eigenvalue weighted by atomic mass is 10.0. The number of aliphatic carboxylic acids is 2. The second kappa shape index (κ2) is 16.9. The summed E-state index contributed by atoms with van der Waals surface area (Å²) in [5.74, 6) is -3.11. The Hall–Kier alpha value is -3.28. The summed E-state index contributed by atoms with van der Waals surface area (Å²) >= 11 is 1.84. The summed E-state index contributed by atoms with van der Waals surface area (Å²) in [5, 5.41) is 16.8. The van der Waals surface area contributed by atoms with Crippen molar-refractivity contribution in [1.82, 2.24) is 9.80 Å². The molecule has 8 nitrogen and oxygen atoms in total. The highest BCUT2D eigenvalue weighted by Crippen LogP contribution is 2.32. The number of carbonyl (C=O) groups is 2. The third-order valence-corrected chi connectivity index (χ3v) is 7.96. The Labute approximate surface area is 243 Å². The molecule has 0 aromatic heterocycles. The molecule has 0 radical (unpaired) electrons. The number of amidine groups is 1. The highest BCUT2D eigenvalue weighted by molar-refractivity contribution is 8.13. The Morgan fingerprint density at radius 1 is 1.05 bits per heavy atom. The number of carboxylic acid groups (broad SMARTS) is 2. The molecule has 2 aromatic carbocycles. The number of aliphatic imine (C=N–C) groups is 1. The van der Waals surface area contributed by atoms with Crippen molar-refractivity contribution in [2.75, 3.05) is 39.9 Å². The van der Waals surface area contributed by atoms with E-state index in [0.29, 0.717) is 37.8 Å². The molecule has 0 atom stereocenters. The van der Waals surface area contributed by atoms with Gasteiger partial charge in [0.15, 0.2) is 16.8 Å². The van der Waals surface area contributed by atoms with Crippen LogP contribution in [0, 0.1) is 11.6 Å². The number of ether oxygens (including phenoxy) is 1. The number of halogens is 2. The minimum atomic E-state index is -1.26. The number of fused-ring (bicyclic) bond motifs is 1. The molecule has 0 bridgehead atoms. The summed E-state index contributed by atoms with van der Waals surface area (Å²) in [4.78, 5) is 28.9. The van der Waals surface area contributed by atoms with Crippen LogP contribution in [-0.2, 0) is 26.5 Å². The summed E-state index contributed by atoms with van der Waals surface area (Å²) in [6, 6.07) is 13.0. The third-order valence-electron chi connectivity index (χ3n) is 6.87. The number of unbranched alkanes of at least 4 members (excludes halogenated alkanes) is 1. The highest BCUT2D eigenvalue weighted by atomic mass is 32.2. The molecule has 2 aliphatic rings. The number of nitrogens with zero attached hydrogens (tertiary/aromatic N) is 3. The van der Waals surface area contributed by atoms with Gasteiger partial charge in [-0.2, -0.15) is 0 Å². The van der Waals surface area contributed by atoms with E-state index in [0.717, 1.165) is 54.6 Å². The van der Waals surface area contributed by atoms with Gasteiger partial charge in [-0.25, -0.2) is 23.4 Å². The van der Waals surface area contributed by atoms with Gasteiger partial charge in [0.1, 0.15) is 0 Å². The molecule has 0 aliphatic carbocycles. The first-order chi connectivity index (χ1) is 19.7. The van der Waals surface area contributed by atoms with Crippen LogP contribution < -0.4 is 0 Å². The average Bonchev–Trinajstić information content (AvgIpc) is 2.97. The number of para-hydroxylation sites is 1. The molecular weight excluding hydrogens is 552 g/mol. The molecule has 1 saturated heterocycles. The Morgan fingerprint density at radius 3 is 2.44 bits per heavy atom. The molecule has 1 fully saturated rings. The van der Waals surface area contributed by atoms with Gasteiger partial charge in [-0.1, -0.05) is 36.0 Å². The van der Waals surface area contributed by atoms with Crippen LogP contribution in [0.2, 0.25) is 0 Å². The van der Waals surface area contributed by atoms with E-state index in [1.807, 2.05) is 11.8 Å². The molecule has 0 saturated carbocycles.